The standard InChI is InChI=1S/C22H19N3O2/c1-2-16-20(15-9-4-3-5-10-15)21(25-22(26)19-13-8-14-27-19)24-18-12-7-6-11-17(18)23-16/h3-14,20H,2H2,1H3,(H,24,25,26)/t20-/m1/s1. The average molecular weight is 357 g/mol. The molecule has 0 fully saturated rings. The minimum Gasteiger partial charge on any atom is -0.459 e. The van der Waals surface area contributed by atoms with Crippen LogP contribution in [0.4, 0.5) is 11.4 Å². The number of nitrogens with zero attached hydrogens (tertiary/aromatic N) is 2. The lowest BCUT2D eigenvalue weighted by Gasteiger charge is -2.20. The SMILES string of the molecule is CCC1=Nc2ccccc2N=C(NC(=O)c2ccco2)[C@@H]1c1ccccc1. The molecular weight excluding hydrogens is 338 g/mol. The van der Waals surface area contributed by atoms with Gasteiger partial charge in [-0.15, -0.1) is 0 Å². The highest BCUT2D eigenvalue weighted by Gasteiger charge is 2.28. The Morgan fingerprint density at radius 3 is 2.33 bits per heavy atom. The molecule has 2 heterocycles. The van der Waals surface area contributed by atoms with Crippen LogP contribution in [0.5, 0.6) is 0 Å². The number of benzene rings is 2. The second-order valence-corrected chi connectivity index (χ2v) is 6.22. The number of nitrogens with one attached hydrogen (secondary N) is 1. The van der Waals surface area contributed by atoms with Gasteiger partial charge in [0.1, 0.15) is 5.84 Å². The average Bonchev–Trinajstić information content (AvgIpc) is 3.19. The number of amides is 1. The number of furan rings is 1. The number of hydrogen-bond acceptors (Lipinski definition) is 4. The number of aliphatic imine (C=N–C) groups is 2. The van der Waals surface area contributed by atoms with E-state index in [0.717, 1.165) is 29.1 Å². The van der Waals surface area contributed by atoms with Crippen molar-refractivity contribution in [2.24, 2.45) is 9.98 Å². The third-order valence-corrected chi connectivity index (χ3v) is 4.48. The summed E-state index contributed by atoms with van der Waals surface area (Å²) in [7, 11) is 0. The van der Waals surface area contributed by atoms with Gasteiger partial charge in [0.2, 0.25) is 0 Å². The zero-order valence-electron chi connectivity index (χ0n) is 14.9. The Hall–Kier alpha value is -3.47. The smallest absolute Gasteiger partial charge is 0.292 e. The first kappa shape index (κ1) is 17.0. The summed E-state index contributed by atoms with van der Waals surface area (Å²) >= 11 is 0. The van der Waals surface area contributed by atoms with E-state index in [0.29, 0.717) is 5.84 Å². The summed E-state index contributed by atoms with van der Waals surface area (Å²) in [5.74, 6) is 0.238. The first-order chi connectivity index (χ1) is 13.3. The number of carbonyl (C=O) groups is 1. The van der Waals surface area contributed by atoms with Gasteiger partial charge < -0.3 is 9.73 Å². The maximum absolute atomic E-state index is 12.6. The van der Waals surface area contributed by atoms with Crippen molar-refractivity contribution in [1.29, 1.82) is 0 Å². The Labute approximate surface area is 157 Å². The van der Waals surface area contributed by atoms with E-state index in [9.17, 15) is 4.79 Å². The molecule has 0 spiro atoms. The van der Waals surface area contributed by atoms with Gasteiger partial charge in [0, 0.05) is 5.71 Å². The van der Waals surface area contributed by atoms with Crippen LogP contribution < -0.4 is 5.32 Å². The molecule has 1 amide bonds. The molecule has 1 atom stereocenters. The van der Waals surface area contributed by atoms with Crippen molar-refractivity contribution in [2.75, 3.05) is 0 Å². The van der Waals surface area contributed by atoms with Crippen molar-refractivity contribution in [3.8, 4) is 0 Å². The van der Waals surface area contributed by atoms with Crippen LogP contribution in [0.2, 0.25) is 0 Å². The summed E-state index contributed by atoms with van der Waals surface area (Å²) in [6.45, 7) is 2.06. The normalized spacial score (nSPS) is 16.0. The summed E-state index contributed by atoms with van der Waals surface area (Å²) in [6, 6.07) is 21.0. The molecule has 134 valence electrons. The number of carbonyl (C=O) groups excluding carboxylic acids is 1. The van der Waals surface area contributed by atoms with E-state index in [-0.39, 0.29) is 17.6 Å². The first-order valence-corrected chi connectivity index (χ1v) is 8.91. The van der Waals surface area contributed by atoms with Gasteiger partial charge in [-0.05, 0) is 36.2 Å². The Kier molecular flexibility index (Phi) is 4.66. The molecule has 5 nitrogen and oxygen atoms in total. The molecule has 1 aliphatic rings. The molecule has 27 heavy (non-hydrogen) atoms. The van der Waals surface area contributed by atoms with E-state index < -0.39 is 0 Å². The van der Waals surface area contributed by atoms with Gasteiger partial charge in [0.25, 0.3) is 5.91 Å². The molecule has 0 bridgehead atoms. The Morgan fingerprint density at radius 2 is 1.67 bits per heavy atom. The molecule has 0 saturated heterocycles. The van der Waals surface area contributed by atoms with Gasteiger partial charge in [0.15, 0.2) is 5.76 Å². The highest BCUT2D eigenvalue weighted by molar-refractivity contribution is 6.19. The summed E-state index contributed by atoms with van der Waals surface area (Å²) in [5.41, 5.74) is 3.52. The van der Waals surface area contributed by atoms with E-state index >= 15 is 0 Å². The Morgan fingerprint density at radius 1 is 0.963 bits per heavy atom. The second kappa shape index (κ2) is 7.41. The first-order valence-electron chi connectivity index (χ1n) is 8.91. The maximum Gasteiger partial charge on any atom is 0.292 e. The summed E-state index contributed by atoms with van der Waals surface area (Å²) < 4.78 is 5.23. The molecule has 4 rings (SSSR count). The van der Waals surface area contributed by atoms with Crippen LogP contribution in [0.1, 0.15) is 35.4 Å². The number of hydrogen-bond donors (Lipinski definition) is 1. The molecule has 3 aromatic rings. The molecule has 5 heteroatoms. The highest BCUT2D eigenvalue weighted by atomic mass is 16.3. The third-order valence-electron chi connectivity index (χ3n) is 4.48. The summed E-state index contributed by atoms with van der Waals surface area (Å²) in [5, 5.41) is 2.95. The van der Waals surface area contributed by atoms with Crippen LogP contribution in [0.15, 0.2) is 87.4 Å². The zero-order valence-corrected chi connectivity index (χ0v) is 14.9. The number of amidine groups is 1. The quantitative estimate of drug-likeness (QED) is 0.715. The van der Waals surface area contributed by atoms with Crippen LogP contribution in [0.25, 0.3) is 0 Å². The van der Waals surface area contributed by atoms with E-state index in [1.165, 1.54) is 6.26 Å². The van der Waals surface area contributed by atoms with Crippen molar-refractivity contribution in [2.45, 2.75) is 19.3 Å². The van der Waals surface area contributed by atoms with Gasteiger partial charge in [-0.25, -0.2) is 4.99 Å². The molecule has 2 aromatic carbocycles. The molecule has 0 saturated carbocycles. The van der Waals surface area contributed by atoms with Crippen LogP contribution in [-0.4, -0.2) is 17.5 Å². The lowest BCUT2D eigenvalue weighted by atomic mass is 9.91. The molecule has 1 aliphatic heterocycles. The zero-order chi connectivity index (χ0) is 18.6. The monoisotopic (exact) mass is 357 g/mol. The largest absolute Gasteiger partial charge is 0.459 e. The van der Waals surface area contributed by atoms with E-state index in [1.54, 1.807) is 12.1 Å². The number of fused-ring (bicyclic) bond motifs is 1. The molecule has 0 aliphatic carbocycles. The van der Waals surface area contributed by atoms with E-state index in [2.05, 4.69) is 12.2 Å². The lowest BCUT2D eigenvalue weighted by Crippen LogP contribution is -2.37. The van der Waals surface area contributed by atoms with Crippen LogP contribution >= 0.6 is 0 Å². The maximum atomic E-state index is 12.6. The third kappa shape index (κ3) is 3.44. The molecular formula is C22H19N3O2. The fraction of sp³-hybridized carbons (Fsp3) is 0.136. The van der Waals surface area contributed by atoms with Crippen molar-refractivity contribution >= 4 is 28.8 Å². The lowest BCUT2D eigenvalue weighted by molar-refractivity contribution is 0.0949. The van der Waals surface area contributed by atoms with Crippen LogP contribution in [0.3, 0.4) is 0 Å². The number of para-hydroxylation sites is 2. The topological polar surface area (TPSA) is 67.0 Å². The Balaban J connectivity index is 1.83. The van der Waals surface area contributed by atoms with Crippen LogP contribution in [-0.2, 0) is 0 Å². The van der Waals surface area contributed by atoms with Gasteiger partial charge in [-0.1, -0.05) is 49.4 Å². The predicted molar refractivity (Wildman–Crippen MR) is 106 cm³/mol. The van der Waals surface area contributed by atoms with Crippen molar-refractivity contribution in [3.63, 3.8) is 0 Å². The summed E-state index contributed by atoms with van der Waals surface area (Å²) in [4.78, 5) is 22.3. The van der Waals surface area contributed by atoms with Crippen molar-refractivity contribution in [3.05, 3.63) is 84.3 Å². The Bertz CT molecular complexity index is 1010. The fourth-order valence-corrected chi connectivity index (χ4v) is 3.19. The minimum absolute atomic E-state index is 0.234. The molecule has 1 aromatic heterocycles. The van der Waals surface area contributed by atoms with Gasteiger partial charge in [0.05, 0.1) is 23.6 Å². The highest BCUT2D eigenvalue weighted by Crippen LogP contribution is 2.35. The minimum atomic E-state index is -0.325. The molecule has 0 radical (unpaired) electrons. The molecule has 0 unspecified atom stereocenters. The van der Waals surface area contributed by atoms with Gasteiger partial charge in [-0.3, -0.25) is 9.79 Å². The van der Waals surface area contributed by atoms with Crippen LogP contribution in [0, 0.1) is 0 Å². The second-order valence-electron chi connectivity index (χ2n) is 6.22. The van der Waals surface area contributed by atoms with E-state index in [4.69, 9.17) is 14.4 Å². The van der Waals surface area contributed by atoms with Crippen molar-refractivity contribution < 1.29 is 9.21 Å². The predicted octanol–water partition coefficient (Wildman–Crippen LogP) is 5.02. The number of rotatable bonds is 3. The fourth-order valence-electron chi connectivity index (χ4n) is 3.19. The summed E-state index contributed by atoms with van der Waals surface area (Å²) in [6.07, 6.45) is 2.22. The van der Waals surface area contributed by atoms with Gasteiger partial charge in [-0.2, -0.15) is 0 Å². The van der Waals surface area contributed by atoms with Gasteiger partial charge >= 0.3 is 0 Å². The van der Waals surface area contributed by atoms with E-state index in [1.807, 2.05) is 54.6 Å². The van der Waals surface area contributed by atoms with Crippen molar-refractivity contribution in [1.82, 2.24) is 5.32 Å². The molecule has 1 N–H and O–H groups in total.